The van der Waals surface area contributed by atoms with Crippen LogP contribution in [0.5, 0.6) is 0 Å². The second kappa shape index (κ2) is 5.89. The molecule has 0 nitrogen and oxygen atoms in total. The molecule has 0 aliphatic heterocycles. The molecule has 0 spiro atoms. The SMILES string of the molecule is C=Cc1cccc(CC(C)C)c1CC(C)C. The molecule has 88 valence electrons. The number of hydrogen-bond donors (Lipinski definition) is 0. The summed E-state index contributed by atoms with van der Waals surface area (Å²) in [5.74, 6) is 1.41. The fourth-order valence-corrected chi connectivity index (χ4v) is 2.13. The molecule has 16 heavy (non-hydrogen) atoms. The van der Waals surface area contributed by atoms with Crippen LogP contribution in [0.4, 0.5) is 0 Å². The molecule has 0 N–H and O–H groups in total. The fraction of sp³-hybridized carbons (Fsp3) is 0.500. The molecule has 1 rings (SSSR count). The smallest absolute Gasteiger partial charge is 0.0228 e. The zero-order chi connectivity index (χ0) is 12.1. The maximum atomic E-state index is 3.92. The van der Waals surface area contributed by atoms with E-state index in [9.17, 15) is 0 Å². The molecule has 0 saturated carbocycles. The Hall–Kier alpha value is -1.04. The summed E-state index contributed by atoms with van der Waals surface area (Å²) >= 11 is 0. The van der Waals surface area contributed by atoms with Gasteiger partial charge in [-0.1, -0.05) is 58.5 Å². The Balaban J connectivity index is 3.09. The lowest BCUT2D eigenvalue weighted by Crippen LogP contribution is -2.05. The van der Waals surface area contributed by atoms with Crippen molar-refractivity contribution in [3.05, 3.63) is 41.5 Å². The van der Waals surface area contributed by atoms with E-state index >= 15 is 0 Å². The summed E-state index contributed by atoms with van der Waals surface area (Å²) < 4.78 is 0. The molecule has 0 heterocycles. The maximum Gasteiger partial charge on any atom is -0.0228 e. The molecule has 1 aromatic rings. The molecule has 1 aromatic carbocycles. The van der Waals surface area contributed by atoms with Gasteiger partial charge in [0.1, 0.15) is 0 Å². The number of hydrogen-bond acceptors (Lipinski definition) is 0. The van der Waals surface area contributed by atoms with Gasteiger partial charge < -0.3 is 0 Å². The molecular weight excluding hydrogens is 192 g/mol. The van der Waals surface area contributed by atoms with Crippen molar-refractivity contribution in [3.8, 4) is 0 Å². The van der Waals surface area contributed by atoms with E-state index in [0.717, 1.165) is 6.42 Å². The number of rotatable bonds is 5. The summed E-state index contributed by atoms with van der Waals surface area (Å²) in [4.78, 5) is 0. The minimum Gasteiger partial charge on any atom is -0.0985 e. The van der Waals surface area contributed by atoms with E-state index in [4.69, 9.17) is 0 Å². The molecular formula is C16H24. The molecule has 0 radical (unpaired) electrons. The van der Waals surface area contributed by atoms with Gasteiger partial charge in [-0.2, -0.15) is 0 Å². The average Bonchev–Trinajstić information content (AvgIpc) is 2.19. The van der Waals surface area contributed by atoms with Crippen molar-refractivity contribution in [2.24, 2.45) is 11.8 Å². The first-order valence-corrected chi connectivity index (χ1v) is 6.27. The van der Waals surface area contributed by atoms with Crippen molar-refractivity contribution in [1.82, 2.24) is 0 Å². The minimum absolute atomic E-state index is 0.701. The topological polar surface area (TPSA) is 0 Å². The van der Waals surface area contributed by atoms with Gasteiger partial charge >= 0.3 is 0 Å². The zero-order valence-electron chi connectivity index (χ0n) is 11.1. The lowest BCUT2D eigenvalue weighted by Gasteiger charge is -2.16. The first kappa shape index (κ1) is 13.0. The second-order valence-corrected chi connectivity index (χ2v) is 5.38. The van der Waals surface area contributed by atoms with Gasteiger partial charge in [-0.15, -0.1) is 0 Å². The third-order valence-electron chi connectivity index (χ3n) is 2.77. The Morgan fingerprint density at radius 3 is 2.19 bits per heavy atom. The van der Waals surface area contributed by atoms with Crippen molar-refractivity contribution < 1.29 is 0 Å². The highest BCUT2D eigenvalue weighted by Gasteiger charge is 2.09. The quantitative estimate of drug-likeness (QED) is 0.667. The Labute approximate surface area is 100 Å². The van der Waals surface area contributed by atoms with Gasteiger partial charge in [0.15, 0.2) is 0 Å². The van der Waals surface area contributed by atoms with Gasteiger partial charge in [-0.05, 0) is 41.4 Å². The van der Waals surface area contributed by atoms with Gasteiger partial charge in [-0.3, -0.25) is 0 Å². The Morgan fingerprint density at radius 2 is 1.69 bits per heavy atom. The summed E-state index contributed by atoms with van der Waals surface area (Å²) in [5, 5.41) is 0. The van der Waals surface area contributed by atoms with E-state index in [1.54, 1.807) is 0 Å². The van der Waals surface area contributed by atoms with Crippen LogP contribution < -0.4 is 0 Å². The largest absolute Gasteiger partial charge is 0.0985 e. The normalized spacial score (nSPS) is 11.1. The van der Waals surface area contributed by atoms with E-state index in [0.29, 0.717) is 11.8 Å². The molecule has 0 aromatic heterocycles. The van der Waals surface area contributed by atoms with Crippen LogP contribution in [-0.2, 0) is 12.8 Å². The summed E-state index contributed by atoms with van der Waals surface area (Å²) in [6.07, 6.45) is 4.31. The van der Waals surface area contributed by atoms with Crippen molar-refractivity contribution in [3.63, 3.8) is 0 Å². The van der Waals surface area contributed by atoms with E-state index < -0.39 is 0 Å². The molecule has 0 aliphatic rings. The van der Waals surface area contributed by atoms with E-state index in [1.807, 2.05) is 6.08 Å². The van der Waals surface area contributed by atoms with Gasteiger partial charge in [0.2, 0.25) is 0 Å². The molecule has 0 unspecified atom stereocenters. The van der Waals surface area contributed by atoms with Crippen LogP contribution in [0.3, 0.4) is 0 Å². The number of benzene rings is 1. The highest BCUT2D eigenvalue weighted by molar-refractivity contribution is 5.54. The summed E-state index contributed by atoms with van der Waals surface area (Å²) in [7, 11) is 0. The lowest BCUT2D eigenvalue weighted by atomic mass is 9.89. The third kappa shape index (κ3) is 3.52. The summed E-state index contributed by atoms with van der Waals surface area (Å²) in [6.45, 7) is 13.0. The zero-order valence-corrected chi connectivity index (χ0v) is 11.1. The third-order valence-corrected chi connectivity index (χ3v) is 2.77. The van der Waals surface area contributed by atoms with Gasteiger partial charge in [0.25, 0.3) is 0 Å². The Morgan fingerprint density at radius 1 is 1.06 bits per heavy atom. The Kier molecular flexibility index (Phi) is 4.79. The van der Waals surface area contributed by atoms with Gasteiger partial charge in [0.05, 0.1) is 0 Å². The van der Waals surface area contributed by atoms with Crippen LogP contribution in [0.1, 0.15) is 44.4 Å². The monoisotopic (exact) mass is 216 g/mol. The van der Waals surface area contributed by atoms with Crippen LogP contribution in [0, 0.1) is 11.8 Å². The van der Waals surface area contributed by atoms with Crippen LogP contribution >= 0.6 is 0 Å². The van der Waals surface area contributed by atoms with Crippen molar-refractivity contribution in [2.75, 3.05) is 0 Å². The average molecular weight is 216 g/mol. The highest BCUT2D eigenvalue weighted by atomic mass is 14.1. The van der Waals surface area contributed by atoms with Gasteiger partial charge in [0, 0.05) is 0 Å². The van der Waals surface area contributed by atoms with Crippen LogP contribution in [0.2, 0.25) is 0 Å². The summed E-state index contributed by atoms with van der Waals surface area (Å²) in [6, 6.07) is 6.60. The molecule has 0 saturated heterocycles. The van der Waals surface area contributed by atoms with E-state index in [2.05, 4.69) is 52.5 Å². The Bertz CT molecular complexity index is 345. The van der Waals surface area contributed by atoms with Crippen molar-refractivity contribution in [2.45, 2.75) is 40.5 Å². The first-order chi connectivity index (χ1) is 7.54. The fourth-order valence-electron chi connectivity index (χ4n) is 2.13. The molecule has 0 fully saturated rings. The molecule has 0 atom stereocenters. The molecule has 0 amide bonds. The standard InChI is InChI=1S/C16H24/c1-6-14-8-7-9-15(10-12(2)3)16(14)11-13(4)5/h6-9,12-13H,1,10-11H2,2-5H3. The van der Waals surface area contributed by atoms with Crippen molar-refractivity contribution in [1.29, 1.82) is 0 Å². The van der Waals surface area contributed by atoms with E-state index in [-0.39, 0.29) is 0 Å². The van der Waals surface area contributed by atoms with Crippen LogP contribution in [0.15, 0.2) is 24.8 Å². The predicted octanol–water partition coefficient (Wildman–Crippen LogP) is 4.73. The molecule has 0 aliphatic carbocycles. The summed E-state index contributed by atoms with van der Waals surface area (Å²) in [5.41, 5.74) is 4.31. The minimum atomic E-state index is 0.701. The first-order valence-electron chi connectivity index (χ1n) is 6.27. The molecule has 0 heteroatoms. The molecule has 0 bridgehead atoms. The lowest BCUT2D eigenvalue weighted by molar-refractivity contribution is 0.615. The van der Waals surface area contributed by atoms with Crippen LogP contribution in [-0.4, -0.2) is 0 Å². The highest BCUT2D eigenvalue weighted by Crippen LogP contribution is 2.22. The predicted molar refractivity (Wildman–Crippen MR) is 73.6 cm³/mol. The van der Waals surface area contributed by atoms with Gasteiger partial charge in [-0.25, -0.2) is 0 Å². The maximum absolute atomic E-state index is 3.92. The van der Waals surface area contributed by atoms with E-state index in [1.165, 1.54) is 23.1 Å². The van der Waals surface area contributed by atoms with Crippen molar-refractivity contribution >= 4 is 6.08 Å². The van der Waals surface area contributed by atoms with Crippen LogP contribution in [0.25, 0.3) is 6.08 Å². The second-order valence-electron chi connectivity index (χ2n) is 5.38.